The first-order valence-corrected chi connectivity index (χ1v) is 9.92. The summed E-state index contributed by atoms with van der Waals surface area (Å²) in [5.41, 5.74) is 5.77. The van der Waals surface area contributed by atoms with Crippen LogP contribution in [0.2, 0.25) is 0 Å². The van der Waals surface area contributed by atoms with Crippen molar-refractivity contribution in [3.63, 3.8) is 0 Å². The van der Waals surface area contributed by atoms with Crippen molar-refractivity contribution in [1.29, 1.82) is 0 Å². The van der Waals surface area contributed by atoms with E-state index in [1.165, 1.54) is 37.5 Å². The number of amides is 2. The van der Waals surface area contributed by atoms with Gasteiger partial charge in [0.1, 0.15) is 0 Å². The lowest BCUT2D eigenvalue weighted by molar-refractivity contribution is -0.384. The molecule has 4 aliphatic rings. The molecule has 2 amide bonds. The summed E-state index contributed by atoms with van der Waals surface area (Å²) in [5, 5.41) is 10.6. The number of hydrazine groups is 1. The average molecular weight is 383 g/mol. The second kappa shape index (κ2) is 7.37. The van der Waals surface area contributed by atoms with E-state index in [4.69, 9.17) is 0 Å². The van der Waals surface area contributed by atoms with Gasteiger partial charge in [-0.1, -0.05) is 0 Å². The number of nitro groups is 1. The SMILES string of the molecule is O=C(/C=C/c1ccc([N+](=O)[O-])cc1)NNC(=O)CC12CC3CC(CC(C3)C1)C2. The van der Waals surface area contributed by atoms with Crippen molar-refractivity contribution in [3.8, 4) is 0 Å². The number of nitro benzene ring substituents is 1. The van der Waals surface area contributed by atoms with Gasteiger partial charge in [-0.25, -0.2) is 0 Å². The molecule has 0 radical (unpaired) electrons. The summed E-state index contributed by atoms with van der Waals surface area (Å²) in [6, 6.07) is 5.89. The molecule has 4 bridgehead atoms. The van der Waals surface area contributed by atoms with E-state index in [0.29, 0.717) is 12.0 Å². The first-order chi connectivity index (χ1) is 13.4. The van der Waals surface area contributed by atoms with Gasteiger partial charge in [-0.3, -0.25) is 30.6 Å². The van der Waals surface area contributed by atoms with Gasteiger partial charge in [0.05, 0.1) is 4.92 Å². The van der Waals surface area contributed by atoms with E-state index >= 15 is 0 Å². The van der Waals surface area contributed by atoms with Crippen molar-refractivity contribution >= 4 is 23.6 Å². The Balaban J connectivity index is 1.25. The van der Waals surface area contributed by atoms with Crippen molar-refractivity contribution in [1.82, 2.24) is 10.9 Å². The van der Waals surface area contributed by atoms with E-state index in [2.05, 4.69) is 10.9 Å². The molecule has 1 aromatic carbocycles. The maximum Gasteiger partial charge on any atom is 0.269 e. The number of nitrogens with one attached hydrogen (secondary N) is 2. The van der Waals surface area contributed by atoms with Gasteiger partial charge in [-0.05, 0) is 85.5 Å². The molecule has 1 aromatic rings. The Morgan fingerprint density at radius 2 is 1.61 bits per heavy atom. The number of benzene rings is 1. The van der Waals surface area contributed by atoms with Crippen LogP contribution in [0.5, 0.6) is 0 Å². The zero-order valence-corrected chi connectivity index (χ0v) is 15.7. The molecule has 4 fully saturated rings. The zero-order chi connectivity index (χ0) is 19.7. The number of carbonyl (C=O) groups excluding carboxylic acids is 2. The Labute approximate surface area is 163 Å². The number of hydrogen-bond acceptors (Lipinski definition) is 4. The van der Waals surface area contributed by atoms with Crippen LogP contribution in [0.25, 0.3) is 6.08 Å². The molecule has 0 unspecified atom stereocenters. The number of rotatable bonds is 5. The van der Waals surface area contributed by atoms with Crippen molar-refractivity contribution in [2.45, 2.75) is 44.9 Å². The Bertz CT molecular complexity index is 780. The molecule has 4 saturated carbocycles. The van der Waals surface area contributed by atoms with E-state index in [1.807, 2.05) is 0 Å². The summed E-state index contributed by atoms with van der Waals surface area (Å²) in [5.74, 6) is 1.81. The summed E-state index contributed by atoms with van der Waals surface area (Å²) >= 11 is 0. The van der Waals surface area contributed by atoms with E-state index < -0.39 is 10.8 Å². The third-order valence-corrected chi connectivity index (χ3v) is 6.56. The largest absolute Gasteiger partial charge is 0.273 e. The molecule has 7 nitrogen and oxygen atoms in total. The highest BCUT2D eigenvalue weighted by molar-refractivity contribution is 5.93. The standard InChI is InChI=1S/C21H25N3O4/c25-19(6-3-14-1-4-18(5-2-14)24(27)28)22-23-20(26)13-21-10-15-7-16(11-21)9-17(8-15)12-21/h1-6,15-17H,7-13H2,(H,22,25)(H,23,26)/b6-3+. The first-order valence-electron chi connectivity index (χ1n) is 9.92. The Morgan fingerprint density at radius 1 is 1.04 bits per heavy atom. The summed E-state index contributed by atoms with van der Waals surface area (Å²) in [7, 11) is 0. The third-order valence-electron chi connectivity index (χ3n) is 6.56. The maximum atomic E-state index is 12.4. The van der Waals surface area contributed by atoms with Crippen LogP contribution in [0.1, 0.15) is 50.5 Å². The van der Waals surface area contributed by atoms with Crippen LogP contribution >= 0.6 is 0 Å². The van der Waals surface area contributed by atoms with Crippen molar-refractivity contribution in [2.24, 2.45) is 23.2 Å². The second-order valence-corrected chi connectivity index (χ2v) is 8.81. The van der Waals surface area contributed by atoms with Crippen molar-refractivity contribution < 1.29 is 14.5 Å². The lowest BCUT2D eigenvalue weighted by Crippen LogP contribution is -2.49. The Kier molecular flexibility index (Phi) is 4.91. The van der Waals surface area contributed by atoms with E-state index in [-0.39, 0.29) is 17.0 Å². The molecule has 7 heteroatoms. The predicted octanol–water partition coefficient (Wildman–Crippen LogP) is 3.36. The lowest BCUT2D eigenvalue weighted by Gasteiger charge is -2.56. The van der Waals surface area contributed by atoms with Gasteiger partial charge in [-0.2, -0.15) is 0 Å². The summed E-state index contributed by atoms with van der Waals surface area (Å²) in [6.45, 7) is 0. The molecular weight excluding hydrogens is 358 g/mol. The molecule has 2 N–H and O–H groups in total. The number of non-ortho nitro benzene ring substituents is 1. The highest BCUT2D eigenvalue weighted by atomic mass is 16.6. The fourth-order valence-electron chi connectivity index (χ4n) is 5.94. The molecule has 0 aliphatic heterocycles. The van der Waals surface area contributed by atoms with E-state index in [0.717, 1.165) is 37.0 Å². The topological polar surface area (TPSA) is 101 Å². The van der Waals surface area contributed by atoms with Crippen molar-refractivity contribution in [2.75, 3.05) is 0 Å². The van der Waals surface area contributed by atoms with Crippen LogP contribution in [0.15, 0.2) is 30.3 Å². The van der Waals surface area contributed by atoms with Crippen LogP contribution in [-0.2, 0) is 9.59 Å². The molecule has 4 aliphatic carbocycles. The maximum absolute atomic E-state index is 12.4. The fourth-order valence-corrected chi connectivity index (χ4v) is 5.94. The molecular formula is C21H25N3O4. The minimum absolute atomic E-state index is 0.00135. The average Bonchev–Trinajstić information content (AvgIpc) is 2.63. The molecule has 0 aromatic heterocycles. The van der Waals surface area contributed by atoms with Gasteiger partial charge >= 0.3 is 0 Å². The molecule has 0 heterocycles. The normalized spacial score (nSPS) is 30.4. The molecule has 28 heavy (non-hydrogen) atoms. The van der Waals surface area contributed by atoms with Crippen LogP contribution in [0.3, 0.4) is 0 Å². The second-order valence-electron chi connectivity index (χ2n) is 8.81. The summed E-state index contributed by atoms with van der Waals surface area (Å²) < 4.78 is 0. The van der Waals surface area contributed by atoms with E-state index in [9.17, 15) is 19.7 Å². The van der Waals surface area contributed by atoms with Gasteiger partial charge in [0.2, 0.25) is 5.91 Å². The fraction of sp³-hybridized carbons (Fsp3) is 0.524. The number of nitrogens with zero attached hydrogens (tertiary/aromatic N) is 1. The minimum Gasteiger partial charge on any atom is -0.273 e. The van der Waals surface area contributed by atoms with Gasteiger partial charge in [-0.15, -0.1) is 0 Å². The first kappa shape index (κ1) is 18.7. The Morgan fingerprint density at radius 3 is 2.14 bits per heavy atom. The highest BCUT2D eigenvalue weighted by Crippen LogP contribution is 2.61. The van der Waals surface area contributed by atoms with Crippen LogP contribution in [-0.4, -0.2) is 16.7 Å². The van der Waals surface area contributed by atoms with Gasteiger partial charge in [0.25, 0.3) is 11.6 Å². The monoisotopic (exact) mass is 383 g/mol. The molecule has 148 valence electrons. The van der Waals surface area contributed by atoms with Gasteiger partial charge < -0.3 is 0 Å². The summed E-state index contributed by atoms with van der Waals surface area (Å²) in [4.78, 5) is 34.5. The molecule has 0 saturated heterocycles. The number of hydrogen-bond donors (Lipinski definition) is 2. The quantitative estimate of drug-likeness (QED) is 0.462. The van der Waals surface area contributed by atoms with Crippen molar-refractivity contribution in [3.05, 3.63) is 46.0 Å². The van der Waals surface area contributed by atoms with Gasteiger partial charge in [0, 0.05) is 24.6 Å². The number of carbonyl (C=O) groups is 2. The van der Waals surface area contributed by atoms with E-state index in [1.54, 1.807) is 18.2 Å². The van der Waals surface area contributed by atoms with Crippen LogP contribution < -0.4 is 10.9 Å². The smallest absolute Gasteiger partial charge is 0.269 e. The zero-order valence-electron chi connectivity index (χ0n) is 15.7. The molecule has 0 atom stereocenters. The summed E-state index contributed by atoms with van der Waals surface area (Å²) in [6.07, 6.45) is 10.8. The minimum atomic E-state index is -0.473. The van der Waals surface area contributed by atoms with Crippen LogP contribution in [0.4, 0.5) is 5.69 Å². The highest BCUT2D eigenvalue weighted by Gasteiger charge is 2.51. The van der Waals surface area contributed by atoms with Gasteiger partial charge in [0.15, 0.2) is 0 Å². The predicted molar refractivity (Wildman–Crippen MR) is 104 cm³/mol. The third kappa shape index (κ3) is 4.08. The molecule has 0 spiro atoms. The lowest BCUT2D eigenvalue weighted by atomic mass is 9.49. The molecule has 5 rings (SSSR count). The van der Waals surface area contributed by atoms with Crippen LogP contribution in [0, 0.1) is 33.3 Å². The Hall–Kier alpha value is -2.70.